The molecule has 2 aromatic heterocycles. The number of pyridine rings is 2. The van der Waals surface area contributed by atoms with Crippen LogP contribution in [-0.2, 0) is 4.74 Å². The number of aromatic nitrogens is 2. The quantitative estimate of drug-likeness (QED) is 0.506. The van der Waals surface area contributed by atoms with Crippen molar-refractivity contribution in [3.8, 4) is 17.0 Å². The summed E-state index contributed by atoms with van der Waals surface area (Å²) in [4.78, 5) is 23.2. The van der Waals surface area contributed by atoms with Crippen molar-refractivity contribution in [1.82, 2.24) is 14.9 Å². The smallest absolute Gasteiger partial charge is 0.413 e. The first kappa shape index (κ1) is 20.9. The topological polar surface area (TPSA) is 115 Å². The summed E-state index contributed by atoms with van der Waals surface area (Å²) in [6.45, 7) is 4.96. The third-order valence-electron chi connectivity index (χ3n) is 7.01. The van der Waals surface area contributed by atoms with Crippen LogP contribution in [0.5, 0.6) is 5.88 Å². The van der Waals surface area contributed by atoms with Gasteiger partial charge in [0.05, 0.1) is 5.69 Å². The van der Waals surface area contributed by atoms with Gasteiger partial charge in [-0.25, -0.2) is 19.2 Å². The molecule has 4 N–H and O–H groups in total. The molecule has 9 nitrogen and oxygen atoms in total. The van der Waals surface area contributed by atoms with Crippen molar-refractivity contribution in [2.24, 2.45) is 11.8 Å². The van der Waals surface area contributed by atoms with Crippen molar-refractivity contribution in [3.05, 3.63) is 35.9 Å². The molecule has 6 rings (SSSR count). The fraction of sp³-hybridized carbons (Fsp3) is 0.375. The summed E-state index contributed by atoms with van der Waals surface area (Å²) >= 11 is 0. The fourth-order valence-corrected chi connectivity index (χ4v) is 5.17. The van der Waals surface area contributed by atoms with Gasteiger partial charge in [0.2, 0.25) is 5.88 Å². The number of nitrogen functional groups attached to an aromatic ring is 1. The first-order chi connectivity index (χ1) is 16.4. The van der Waals surface area contributed by atoms with E-state index in [2.05, 4.69) is 32.5 Å². The summed E-state index contributed by atoms with van der Waals surface area (Å²) in [6, 6.07) is 3.36. The minimum Gasteiger partial charge on any atom is -0.474 e. The van der Waals surface area contributed by atoms with Gasteiger partial charge >= 0.3 is 6.09 Å². The van der Waals surface area contributed by atoms with Gasteiger partial charge in [-0.1, -0.05) is 0 Å². The molecule has 1 aliphatic carbocycles. The van der Waals surface area contributed by atoms with E-state index >= 15 is 4.39 Å². The molecule has 1 saturated carbocycles. The lowest BCUT2D eigenvalue weighted by Crippen LogP contribution is -2.25. The predicted molar refractivity (Wildman–Crippen MR) is 126 cm³/mol. The van der Waals surface area contributed by atoms with Crippen LogP contribution < -0.4 is 21.1 Å². The minimum absolute atomic E-state index is 0.00891. The van der Waals surface area contributed by atoms with Gasteiger partial charge in [0.25, 0.3) is 0 Å². The Kier molecular flexibility index (Phi) is 4.73. The summed E-state index contributed by atoms with van der Waals surface area (Å²) in [6.07, 6.45) is 2.48. The van der Waals surface area contributed by atoms with Crippen molar-refractivity contribution in [3.63, 3.8) is 0 Å². The summed E-state index contributed by atoms with van der Waals surface area (Å²) in [7, 11) is 2.07. The zero-order chi connectivity index (χ0) is 23.6. The molecule has 1 amide bonds. The van der Waals surface area contributed by atoms with E-state index in [1.54, 1.807) is 18.3 Å². The Labute approximate surface area is 195 Å². The van der Waals surface area contributed by atoms with Crippen LogP contribution in [0.4, 0.5) is 26.4 Å². The molecule has 1 aromatic carbocycles. The Morgan fingerprint density at radius 1 is 1.26 bits per heavy atom. The third kappa shape index (κ3) is 3.37. The highest BCUT2D eigenvalue weighted by Crippen LogP contribution is 2.47. The highest BCUT2D eigenvalue weighted by molar-refractivity contribution is 5.99. The van der Waals surface area contributed by atoms with E-state index in [0.29, 0.717) is 58.6 Å². The first-order valence-electron chi connectivity index (χ1n) is 11.3. The molecule has 2 fully saturated rings. The molecule has 4 heterocycles. The number of rotatable bonds is 3. The molecule has 2 unspecified atom stereocenters. The van der Waals surface area contributed by atoms with Gasteiger partial charge < -0.3 is 25.4 Å². The number of carbonyl (C=O) groups excluding carboxylic acids is 1. The second-order valence-electron chi connectivity index (χ2n) is 9.24. The first-order valence-corrected chi connectivity index (χ1v) is 11.3. The van der Waals surface area contributed by atoms with Gasteiger partial charge in [-0.15, -0.1) is 0 Å². The average Bonchev–Trinajstić information content (AvgIpc) is 3.26. The number of fused-ring (bicyclic) bond motifs is 3. The molecular weight excluding hydrogens is 439 g/mol. The number of carbonyl (C=O) groups is 1. The number of likely N-dealkylation sites (tertiary alicyclic amines) is 1. The number of ether oxygens (including phenoxy) is 2. The van der Waals surface area contributed by atoms with E-state index in [1.807, 2.05) is 6.92 Å². The van der Waals surface area contributed by atoms with Gasteiger partial charge in [0.15, 0.2) is 5.82 Å². The fourth-order valence-electron chi connectivity index (χ4n) is 5.17. The standard InChI is InChI=1S/C24H25FN6O3/c1-11-14(7-29-23-21(11)27-3-4-33-23)13-5-12-6-18(28-8-15(12)20(26)19(13)25)30-24(32)34-22-16-9-31(2)10-17(16)22/h5-8,16-17,22,27H,3-4,9-10,26H2,1-2H3,(H,28,30,32). The maximum atomic E-state index is 15.3. The lowest BCUT2D eigenvalue weighted by molar-refractivity contribution is 0.131. The lowest BCUT2D eigenvalue weighted by Gasteiger charge is -2.22. The van der Waals surface area contributed by atoms with E-state index in [-0.39, 0.29) is 11.8 Å². The summed E-state index contributed by atoms with van der Waals surface area (Å²) in [5, 5.41) is 7.06. The number of hydrogen-bond donors (Lipinski definition) is 3. The number of halogens is 1. The zero-order valence-electron chi connectivity index (χ0n) is 18.9. The van der Waals surface area contributed by atoms with E-state index in [9.17, 15) is 4.79 Å². The zero-order valence-corrected chi connectivity index (χ0v) is 18.9. The summed E-state index contributed by atoms with van der Waals surface area (Å²) < 4.78 is 26.5. The van der Waals surface area contributed by atoms with Gasteiger partial charge in [0.1, 0.15) is 24.2 Å². The van der Waals surface area contributed by atoms with Crippen LogP contribution in [0.3, 0.4) is 0 Å². The van der Waals surface area contributed by atoms with Crippen LogP contribution in [-0.4, -0.2) is 60.4 Å². The van der Waals surface area contributed by atoms with Crippen molar-refractivity contribution in [2.75, 3.05) is 49.7 Å². The molecule has 2 aliphatic heterocycles. The Morgan fingerprint density at radius 3 is 2.85 bits per heavy atom. The Hall–Kier alpha value is -3.66. The van der Waals surface area contributed by atoms with Crippen LogP contribution in [0.1, 0.15) is 5.56 Å². The number of piperidine rings is 1. The number of nitrogens with two attached hydrogens (primary N) is 1. The second kappa shape index (κ2) is 7.69. The van der Waals surface area contributed by atoms with Crippen molar-refractivity contribution in [1.29, 1.82) is 0 Å². The second-order valence-corrected chi connectivity index (χ2v) is 9.24. The third-order valence-corrected chi connectivity index (χ3v) is 7.01. The van der Waals surface area contributed by atoms with Crippen LogP contribution in [0.2, 0.25) is 0 Å². The Balaban J connectivity index is 1.29. The number of benzene rings is 1. The molecule has 3 aromatic rings. The van der Waals surface area contributed by atoms with Gasteiger partial charge in [-0.3, -0.25) is 5.32 Å². The van der Waals surface area contributed by atoms with Crippen molar-refractivity contribution < 1.29 is 18.7 Å². The van der Waals surface area contributed by atoms with E-state index in [1.165, 1.54) is 6.20 Å². The van der Waals surface area contributed by atoms with Crippen molar-refractivity contribution >= 4 is 34.1 Å². The van der Waals surface area contributed by atoms with Gasteiger partial charge in [-0.2, -0.15) is 0 Å². The molecule has 0 spiro atoms. The van der Waals surface area contributed by atoms with E-state index in [0.717, 1.165) is 24.3 Å². The van der Waals surface area contributed by atoms with E-state index < -0.39 is 11.9 Å². The van der Waals surface area contributed by atoms with Crippen LogP contribution >= 0.6 is 0 Å². The monoisotopic (exact) mass is 464 g/mol. The van der Waals surface area contributed by atoms with Crippen LogP contribution in [0.25, 0.3) is 21.9 Å². The molecule has 1 saturated heterocycles. The molecule has 3 aliphatic rings. The highest BCUT2D eigenvalue weighted by atomic mass is 19.1. The molecule has 0 radical (unpaired) electrons. The number of nitrogens with zero attached hydrogens (tertiary/aromatic N) is 3. The molecule has 2 atom stereocenters. The number of amides is 1. The number of anilines is 3. The Morgan fingerprint density at radius 2 is 2.06 bits per heavy atom. The van der Waals surface area contributed by atoms with Crippen molar-refractivity contribution in [2.45, 2.75) is 13.0 Å². The average molecular weight is 465 g/mol. The van der Waals surface area contributed by atoms with Gasteiger partial charge in [-0.05, 0) is 37.1 Å². The lowest BCUT2D eigenvalue weighted by atomic mass is 9.97. The molecular formula is C24H25FN6O3. The molecule has 0 bridgehead atoms. The van der Waals surface area contributed by atoms with Gasteiger partial charge in [0, 0.05) is 60.4 Å². The predicted octanol–water partition coefficient (Wildman–Crippen LogP) is 3.24. The summed E-state index contributed by atoms with van der Waals surface area (Å²) in [5.74, 6) is 1.11. The normalized spacial score (nSPS) is 23.0. The maximum Gasteiger partial charge on any atom is 0.413 e. The van der Waals surface area contributed by atoms with Crippen LogP contribution in [0.15, 0.2) is 24.5 Å². The molecule has 176 valence electrons. The largest absolute Gasteiger partial charge is 0.474 e. The highest BCUT2D eigenvalue weighted by Gasteiger charge is 2.57. The maximum absolute atomic E-state index is 15.3. The number of hydrogen-bond acceptors (Lipinski definition) is 8. The van der Waals surface area contributed by atoms with Crippen LogP contribution in [0, 0.1) is 24.6 Å². The molecule has 34 heavy (non-hydrogen) atoms. The minimum atomic E-state index is -0.541. The molecule has 10 heteroatoms. The Bertz CT molecular complexity index is 1320. The summed E-state index contributed by atoms with van der Waals surface area (Å²) in [5.41, 5.74) is 8.63. The van der Waals surface area contributed by atoms with E-state index in [4.69, 9.17) is 15.2 Å². The number of nitrogens with one attached hydrogen (secondary N) is 2. The SMILES string of the molecule is Cc1c(-c2cc3cc(NC(=O)OC4C5CN(C)CC54)ncc3c(N)c2F)cnc2c1NCCO2.